The standard InChI is InChI=1S/C13H23N3O4/c1-11(17)15-7-9-16(10-8-15)13(20)14-6-4-2-3-5-12(18)19/h2-10H2,1H3,(H,14,20)(H,18,19). The van der Waals surface area contributed by atoms with Crippen molar-refractivity contribution in [3.63, 3.8) is 0 Å². The molecule has 0 saturated carbocycles. The number of nitrogens with zero attached hydrogens (tertiary/aromatic N) is 2. The summed E-state index contributed by atoms with van der Waals surface area (Å²) in [5.41, 5.74) is 0. The predicted molar refractivity (Wildman–Crippen MR) is 73.3 cm³/mol. The zero-order chi connectivity index (χ0) is 15.0. The molecule has 0 aromatic carbocycles. The van der Waals surface area contributed by atoms with Crippen LogP contribution in [0.4, 0.5) is 4.79 Å². The second-order valence-corrected chi connectivity index (χ2v) is 4.93. The van der Waals surface area contributed by atoms with Crippen molar-refractivity contribution in [2.45, 2.75) is 32.6 Å². The van der Waals surface area contributed by atoms with Gasteiger partial charge in [-0.25, -0.2) is 4.79 Å². The summed E-state index contributed by atoms with van der Waals surface area (Å²) < 4.78 is 0. The first-order chi connectivity index (χ1) is 9.50. The zero-order valence-corrected chi connectivity index (χ0v) is 11.9. The van der Waals surface area contributed by atoms with E-state index in [2.05, 4.69) is 5.32 Å². The SMILES string of the molecule is CC(=O)N1CCN(C(=O)NCCCCCC(=O)O)CC1. The fraction of sp³-hybridized carbons (Fsp3) is 0.769. The number of aliphatic carboxylic acids is 1. The van der Waals surface area contributed by atoms with Crippen molar-refractivity contribution in [1.82, 2.24) is 15.1 Å². The van der Waals surface area contributed by atoms with Gasteiger partial charge in [-0.15, -0.1) is 0 Å². The summed E-state index contributed by atoms with van der Waals surface area (Å²) in [6, 6.07) is -0.105. The van der Waals surface area contributed by atoms with Crippen LogP contribution in [0.25, 0.3) is 0 Å². The highest BCUT2D eigenvalue weighted by Gasteiger charge is 2.21. The second kappa shape index (κ2) is 8.39. The van der Waals surface area contributed by atoms with E-state index in [9.17, 15) is 14.4 Å². The zero-order valence-electron chi connectivity index (χ0n) is 11.9. The Balaban J connectivity index is 2.09. The molecule has 1 rings (SSSR count). The minimum absolute atomic E-state index is 0.0449. The molecule has 0 aliphatic carbocycles. The number of hydrogen-bond donors (Lipinski definition) is 2. The Bertz CT molecular complexity index is 352. The van der Waals surface area contributed by atoms with Gasteiger partial charge in [-0.1, -0.05) is 6.42 Å². The molecule has 7 nitrogen and oxygen atoms in total. The van der Waals surface area contributed by atoms with Crippen LogP contribution in [0.1, 0.15) is 32.6 Å². The molecule has 0 unspecified atom stereocenters. The molecule has 20 heavy (non-hydrogen) atoms. The molecule has 114 valence electrons. The third-order valence-corrected chi connectivity index (χ3v) is 3.36. The van der Waals surface area contributed by atoms with Crippen LogP contribution in [0.5, 0.6) is 0 Å². The summed E-state index contributed by atoms with van der Waals surface area (Å²) in [6.07, 6.45) is 2.40. The molecule has 0 bridgehead atoms. The van der Waals surface area contributed by atoms with Gasteiger partial charge in [0.25, 0.3) is 0 Å². The topological polar surface area (TPSA) is 90.0 Å². The third kappa shape index (κ3) is 5.90. The molecule has 3 amide bonds. The molecule has 1 saturated heterocycles. The van der Waals surface area contributed by atoms with Crippen molar-refractivity contribution in [2.75, 3.05) is 32.7 Å². The van der Waals surface area contributed by atoms with Crippen molar-refractivity contribution < 1.29 is 19.5 Å². The van der Waals surface area contributed by atoms with Gasteiger partial charge in [-0.3, -0.25) is 9.59 Å². The van der Waals surface area contributed by atoms with Gasteiger partial charge in [0, 0.05) is 46.1 Å². The van der Waals surface area contributed by atoms with E-state index in [0.29, 0.717) is 39.1 Å². The summed E-state index contributed by atoms with van der Waals surface area (Å²) in [5, 5.41) is 11.3. The number of hydrogen-bond acceptors (Lipinski definition) is 3. The maximum atomic E-state index is 11.8. The second-order valence-electron chi connectivity index (χ2n) is 4.93. The van der Waals surface area contributed by atoms with E-state index in [4.69, 9.17) is 5.11 Å². The fourth-order valence-electron chi connectivity index (χ4n) is 2.11. The number of amides is 3. The van der Waals surface area contributed by atoms with Crippen LogP contribution in [0.2, 0.25) is 0 Å². The Labute approximate surface area is 118 Å². The van der Waals surface area contributed by atoms with Crippen molar-refractivity contribution in [2.24, 2.45) is 0 Å². The van der Waals surface area contributed by atoms with E-state index in [0.717, 1.165) is 12.8 Å². The number of carbonyl (C=O) groups excluding carboxylic acids is 2. The Morgan fingerprint density at radius 3 is 2.15 bits per heavy atom. The van der Waals surface area contributed by atoms with Gasteiger partial charge in [0.1, 0.15) is 0 Å². The van der Waals surface area contributed by atoms with Crippen LogP contribution in [0, 0.1) is 0 Å². The van der Waals surface area contributed by atoms with Crippen LogP contribution < -0.4 is 5.32 Å². The van der Waals surface area contributed by atoms with Gasteiger partial charge in [-0.05, 0) is 12.8 Å². The van der Waals surface area contributed by atoms with Gasteiger partial charge in [0.15, 0.2) is 0 Å². The van der Waals surface area contributed by atoms with Crippen LogP contribution in [-0.4, -0.2) is 65.5 Å². The molecule has 7 heteroatoms. The quantitative estimate of drug-likeness (QED) is 0.696. The van der Waals surface area contributed by atoms with Gasteiger partial charge in [0.2, 0.25) is 5.91 Å². The molecule has 1 aliphatic heterocycles. The lowest BCUT2D eigenvalue weighted by atomic mass is 10.2. The Morgan fingerprint density at radius 1 is 1.00 bits per heavy atom. The van der Waals surface area contributed by atoms with Crippen molar-refractivity contribution >= 4 is 17.9 Å². The molecular formula is C13H23N3O4. The molecule has 1 fully saturated rings. The maximum Gasteiger partial charge on any atom is 0.317 e. The van der Waals surface area contributed by atoms with Gasteiger partial charge in [0.05, 0.1) is 0 Å². The van der Waals surface area contributed by atoms with Crippen molar-refractivity contribution in [1.29, 1.82) is 0 Å². The van der Waals surface area contributed by atoms with E-state index in [1.54, 1.807) is 9.80 Å². The number of carboxylic acid groups (broad SMARTS) is 1. The summed E-state index contributed by atoms with van der Waals surface area (Å²) in [5.74, 6) is -0.735. The van der Waals surface area contributed by atoms with Crippen LogP contribution in [0.3, 0.4) is 0 Å². The molecule has 2 N–H and O–H groups in total. The lowest BCUT2D eigenvalue weighted by Gasteiger charge is -2.34. The van der Waals surface area contributed by atoms with Crippen LogP contribution in [-0.2, 0) is 9.59 Å². The molecule has 1 heterocycles. The highest BCUT2D eigenvalue weighted by molar-refractivity contribution is 5.76. The fourth-order valence-corrected chi connectivity index (χ4v) is 2.11. The minimum Gasteiger partial charge on any atom is -0.481 e. The number of rotatable bonds is 6. The first-order valence-electron chi connectivity index (χ1n) is 7.01. The maximum absolute atomic E-state index is 11.8. The Morgan fingerprint density at radius 2 is 1.60 bits per heavy atom. The van der Waals surface area contributed by atoms with E-state index in [1.165, 1.54) is 6.92 Å². The van der Waals surface area contributed by atoms with E-state index >= 15 is 0 Å². The summed E-state index contributed by atoms with van der Waals surface area (Å²) in [6.45, 7) is 4.38. The highest BCUT2D eigenvalue weighted by Crippen LogP contribution is 2.03. The highest BCUT2D eigenvalue weighted by atomic mass is 16.4. The Hall–Kier alpha value is -1.79. The number of urea groups is 1. The average molecular weight is 285 g/mol. The summed E-state index contributed by atoms with van der Waals surface area (Å²) in [7, 11) is 0. The van der Waals surface area contributed by atoms with Crippen molar-refractivity contribution in [3.8, 4) is 0 Å². The molecule has 0 aromatic rings. The van der Waals surface area contributed by atoms with Gasteiger partial charge in [-0.2, -0.15) is 0 Å². The van der Waals surface area contributed by atoms with E-state index < -0.39 is 5.97 Å². The summed E-state index contributed by atoms with van der Waals surface area (Å²) >= 11 is 0. The number of nitrogens with one attached hydrogen (secondary N) is 1. The lowest BCUT2D eigenvalue weighted by Crippen LogP contribution is -2.52. The number of piperazine rings is 1. The number of unbranched alkanes of at least 4 members (excludes halogenated alkanes) is 2. The lowest BCUT2D eigenvalue weighted by molar-refractivity contribution is -0.137. The first kappa shape index (κ1) is 16.3. The first-order valence-corrected chi connectivity index (χ1v) is 7.01. The van der Waals surface area contributed by atoms with Crippen LogP contribution >= 0.6 is 0 Å². The summed E-state index contributed by atoms with van der Waals surface area (Å²) in [4.78, 5) is 36.7. The molecule has 0 radical (unpaired) electrons. The van der Waals surface area contributed by atoms with Crippen molar-refractivity contribution in [3.05, 3.63) is 0 Å². The predicted octanol–water partition coefficient (Wildman–Crippen LogP) is 0.505. The minimum atomic E-state index is -0.780. The Kier molecular flexibility index (Phi) is 6.83. The monoisotopic (exact) mass is 285 g/mol. The molecule has 0 atom stereocenters. The van der Waals surface area contributed by atoms with Crippen LogP contribution in [0.15, 0.2) is 0 Å². The molecule has 0 aromatic heterocycles. The van der Waals surface area contributed by atoms with Gasteiger partial charge >= 0.3 is 12.0 Å². The van der Waals surface area contributed by atoms with Gasteiger partial charge < -0.3 is 20.2 Å². The average Bonchev–Trinajstić information content (AvgIpc) is 2.42. The third-order valence-electron chi connectivity index (χ3n) is 3.36. The normalized spacial score (nSPS) is 15.1. The molecule has 1 aliphatic rings. The number of carbonyl (C=O) groups is 3. The van der Waals surface area contributed by atoms with E-state index in [-0.39, 0.29) is 18.4 Å². The number of carboxylic acids is 1. The van der Waals surface area contributed by atoms with E-state index in [1.807, 2.05) is 0 Å². The molecule has 0 spiro atoms. The largest absolute Gasteiger partial charge is 0.481 e. The smallest absolute Gasteiger partial charge is 0.317 e. The molecular weight excluding hydrogens is 262 g/mol.